The maximum absolute atomic E-state index is 9.29. The summed E-state index contributed by atoms with van der Waals surface area (Å²) in [6, 6.07) is 0.540. The first-order valence-corrected chi connectivity index (χ1v) is 4.98. The van der Waals surface area contributed by atoms with Crippen molar-refractivity contribution in [3.63, 3.8) is 0 Å². The first kappa shape index (κ1) is 8.48. The lowest BCUT2D eigenvalue weighted by molar-refractivity contribution is 0.189. The topological polar surface area (TPSA) is 35.5 Å². The summed E-state index contributed by atoms with van der Waals surface area (Å²) in [5, 5.41) is 12.6. The van der Waals surface area contributed by atoms with Crippen LogP contribution in [-0.4, -0.2) is 48.3 Å². The summed E-state index contributed by atoms with van der Waals surface area (Å²) in [6.45, 7) is 4.44. The van der Waals surface area contributed by atoms with Crippen LogP contribution in [0.3, 0.4) is 0 Å². The van der Waals surface area contributed by atoms with Gasteiger partial charge in [0.15, 0.2) is 0 Å². The molecule has 3 heteroatoms. The van der Waals surface area contributed by atoms with Crippen LogP contribution in [-0.2, 0) is 0 Å². The molecule has 2 N–H and O–H groups in total. The maximum Gasteiger partial charge on any atom is 0.0680 e. The Morgan fingerprint density at radius 3 is 2.67 bits per heavy atom. The number of hydrogen-bond acceptors (Lipinski definition) is 3. The van der Waals surface area contributed by atoms with E-state index in [1.54, 1.807) is 0 Å². The molecular formula is C9H18N2O. The van der Waals surface area contributed by atoms with Crippen LogP contribution >= 0.6 is 0 Å². The lowest BCUT2D eigenvalue weighted by atomic mass is 10.2. The molecule has 2 heterocycles. The van der Waals surface area contributed by atoms with Gasteiger partial charge in [0.2, 0.25) is 0 Å². The van der Waals surface area contributed by atoms with Gasteiger partial charge in [0.05, 0.1) is 6.10 Å². The number of likely N-dealkylation sites (tertiary alicyclic amines) is 1. The van der Waals surface area contributed by atoms with Gasteiger partial charge in [-0.2, -0.15) is 0 Å². The average Bonchev–Trinajstić information content (AvgIpc) is 2.63. The second-order valence-electron chi connectivity index (χ2n) is 4.00. The molecule has 2 rings (SSSR count). The summed E-state index contributed by atoms with van der Waals surface area (Å²) >= 11 is 0. The monoisotopic (exact) mass is 170 g/mol. The molecule has 2 saturated heterocycles. The number of β-amino-alcohol motifs (C(OH)–C–C–N with tert-alkyl or cyclic N) is 1. The summed E-state index contributed by atoms with van der Waals surface area (Å²) in [6.07, 6.45) is 3.55. The molecule has 2 atom stereocenters. The van der Waals surface area contributed by atoms with Gasteiger partial charge in [-0.05, 0) is 32.4 Å². The second-order valence-corrected chi connectivity index (χ2v) is 4.00. The molecule has 0 spiro atoms. The van der Waals surface area contributed by atoms with Crippen LogP contribution < -0.4 is 5.32 Å². The minimum absolute atomic E-state index is 0.0994. The van der Waals surface area contributed by atoms with Crippen LogP contribution in [0.25, 0.3) is 0 Å². The fourth-order valence-electron chi connectivity index (χ4n) is 2.21. The zero-order valence-corrected chi connectivity index (χ0v) is 7.50. The molecule has 12 heavy (non-hydrogen) atoms. The van der Waals surface area contributed by atoms with E-state index in [-0.39, 0.29) is 6.10 Å². The van der Waals surface area contributed by atoms with Gasteiger partial charge in [-0.25, -0.2) is 0 Å². The smallest absolute Gasteiger partial charge is 0.0680 e. The highest BCUT2D eigenvalue weighted by atomic mass is 16.3. The largest absolute Gasteiger partial charge is 0.392 e. The molecule has 70 valence electrons. The molecule has 0 aromatic heterocycles. The van der Waals surface area contributed by atoms with Crippen LogP contribution in [0.1, 0.15) is 19.3 Å². The van der Waals surface area contributed by atoms with Crippen molar-refractivity contribution in [1.29, 1.82) is 0 Å². The number of rotatable bonds is 2. The third kappa shape index (κ3) is 1.97. The van der Waals surface area contributed by atoms with Gasteiger partial charge in [-0.3, -0.25) is 0 Å². The Morgan fingerprint density at radius 2 is 2.08 bits per heavy atom. The van der Waals surface area contributed by atoms with Crippen molar-refractivity contribution in [2.75, 3.05) is 26.2 Å². The molecule has 2 fully saturated rings. The Bertz CT molecular complexity index is 145. The highest BCUT2D eigenvalue weighted by Gasteiger charge is 2.24. The van der Waals surface area contributed by atoms with E-state index in [0.29, 0.717) is 6.04 Å². The maximum atomic E-state index is 9.29. The van der Waals surface area contributed by atoms with Gasteiger partial charge < -0.3 is 15.3 Å². The number of hydrogen-bond donors (Lipinski definition) is 2. The Morgan fingerprint density at radius 1 is 1.33 bits per heavy atom. The fraction of sp³-hybridized carbons (Fsp3) is 1.00. The third-order valence-corrected chi connectivity index (χ3v) is 2.88. The normalized spacial score (nSPS) is 37.8. The van der Waals surface area contributed by atoms with Crippen LogP contribution in [0.4, 0.5) is 0 Å². The van der Waals surface area contributed by atoms with E-state index in [9.17, 15) is 5.11 Å². The van der Waals surface area contributed by atoms with E-state index in [1.165, 1.54) is 25.9 Å². The van der Waals surface area contributed by atoms with Gasteiger partial charge in [-0.1, -0.05) is 0 Å². The first-order chi connectivity index (χ1) is 5.84. The first-order valence-electron chi connectivity index (χ1n) is 4.98. The molecule has 0 aromatic rings. The average molecular weight is 170 g/mol. The zero-order chi connectivity index (χ0) is 8.39. The summed E-state index contributed by atoms with van der Waals surface area (Å²) in [5.41, 5.74) is 0. The summed E-state index contributed by atoms with van der Waals surface area (Å²) in [7, 11) is 0. The number of aliphatic hydroxyl groups is 1. The molecule has 0 radical (unpaired) electrons. The molecule has 0 bridgehead atoms. The van der Waals surface area contributed by atoms with E-state index < -0.39 is 0 Å². The van der Waals surface area contributed by atoms with Crippen LogP contribution in [0.2, 0.25) is 0 Å². The lowest BCUT2D eigenvalue weighted by Crippen LogP contribution is -2.35. The quantitative estimate of drug-likeness (QED) is 0.603. The van der Waals surface area contributed by atoms with Crippen molar-refractivity contribution in [3.05, 3.63) is 0 Å². The molecule has 0 aliphatic carbocycles. The van der Waals surface area contributed by atoms with Gasteiger partial charge in [0.25, 0.3) is 0 Å². The van der Waals surface area contributed by atoms with Crippen molar-refractivity contribution in [2.45, 2.75) is 31.4 Å². The summed E-state index contributed by atoms with van der Waals surface area (Å²) in [5.74, 6) is 0. The Kier molecular flexibility index (Phi) is 2.63. The van der Waals surface area contributed by atoms with E-state index in [2.05, 4.69) is 10.2 Å². The van der Waals surface area contributed by atoms with Gasteiger partial charge in [0.1, 0.15) is 0 Å². The molecule has 2 unspecified atom stereocenters. The fourth-order valence-corrected chi connectivity index (χ4v) is 2.21. The Balaban J connectivity index is 1.72. The van der Waals surface area contributed by atoms with Crippen molar-refractivity contribution in [1.82, 2.24) is 10.2 Å². The standard InChI is InChI=1S/C9H18N2O/c12-9-5-8(10-6-9)7-11-3-1-2-4-11/h8-10,12H,1-7H2. The SMILES string of the molecule is OC1CNC(CN2CCCC2)C1. The molecule has 3 nitrogen and oxygen atoms in total. The summed E-state index contributed by atoms with van der Waals surface area (Å²) in [4.78, 5) is 2.50. The van der Waals surface area contributed by atoms with Crippen molar-refractivity contribution in [3.8, 4) is 0 Å². The Labute approximate surface area is 73.8 Å². The molecule has 2 aliphatic rings. The van der Waals surface area contributed by atoms with E-state index in [1.807, 2.05) is 0 Å². The van der Waals surface area contributed by atoms with Crippen LogP contribution in [0.5, 0.6) is 0 Å². The summed E-state index contributed by atoms with van der Waals surface area (Å²) < 4.78 is 0. The minimum atomic E-state index is -0.0994. The highest BCUT2D eigenvalue weighted by molar-refractivity contribution is 4.84. The minimum Gasteiger partial charge on any atom is -0.392 e. The molecule has 2 aliphatic heterocycles. The van der Waals surface area contributed by atoms with Gasteiger partial charge in [0, 0.05) is 19.1 Å². The second kappa shape index (κ2) is 3.73. The van der Waals surface area contributed by atoms with Gasteiger partial charge in [-0.15, -0.1) is 0 Å². The lowest BCUT2D eigenvalue weighted by Gasteiger charge is -2.19. The number of nitrogens with one attached hydrogen (secondary N) is 1. The van der Waals surface area contributed by atoms with Gasteiger partial charge >= 0.3 is 0 Å². The Hall–Kier alpha value is -0.120. The third-order valence-electron chi connectivity index (χ3n) is 2.88. The number of nitrogens with zero attached hydrogens (tertiary/aromatic N) is 1. The predicted octanol–water partition coefficient (Wildman–Crippen LogP) is -0.195. The van der Waals surface area contributed by atoms with Crippen molar-refractivity contribution in [2.24, 2.45) is 0 Å². The van der Waals surface area contributed by atoms with Crippen LogP contribution in [0, 0.1) is 0 Å². The van der Waals surface area contributed by atoms with E-state index in [0.717, 1.165) is 19.5 Å². The molecule has 0 aromatic carbocycles. The zero-order valence-electron chi connectivity index (χ0n) is 7.50. The van der Waals surface area contributed by atoms with E-state index in [4.69, 9.17) is 0 Å². The predicted molar refractivity (Wildman–Crippen MR) is 48.1 cm³/mol. The molecular weight excluding hydrogens is 152 g/mol. The van der Waals surface area contributed by atoms with Crippen molar-refractivity contribution >= 4 is 0 Å². The molecule has 0 amide bonds. The molecule has 0 saturated carbocycles. The van der Waals surface area contributed by atoms with Crippen LogP contribution in [0.15, 0.2) is 0 Å². The highest BCUT2D eigenvalue weighted by Crippen LogP contribution is 2.12. The number of aliphatic hydroxyl groups excluding tert-OH is 1. The van der Waals surface area contributed by atoms with E-state index >= 15 is 0 Å². The van der Waals surface area contributed by atoms with Crippen molar-refractivity contribution < 1.29 is 5.11 Å².